The number of carbonyl (C=O) groups excluding carboxylic acids is 1. The minimum Gasteiger partial charge on any atom is -0.480 e. The van der Waals surface area contributed by atoms with Gasteiger partial charge in [-0.15, -0.1) is 10.2 Å². The highest BCUT2D eigenvalue weighted by molar-refractivity contribution is 5.80. The summed E-state index contributed by atoms with van der Waals surface area (Å²) in [6.45, 7) is 5.14. The molecule has 0 aliphatic carbocycles. The third-order valence-electron chi connectivity index (χ3n) is 5.29. The van der Waals surface area contributed by atoms with Gasteiger partial charge in [-0.3, -0.25) is 0 Å². The molecule has 0 spiro atoms. The first-order valence-electron chi connectivity index (χ1n) is 11.5. The largest absolute Gasteiger partial charge is 0.480 e. The molecule has 1 atom stereocenters. The minimum absolute atomic E-state index is 0.0949. The SMILES string of the molecule is CC(C)(C)OC(=O)N[C@@H](Cc1ccc(-c2nnc(-c3ccc(-c4ccccc4)cc3)o2)cc1)C(=O)O. The molecule has 8 nitrogen and oxygen atoms in total. The van der Waals surface area contributed by atoms with E-state index >= 15 is 0 Å². The highest BCUT2D eigenvalue weighted by Gasteiger charge is 2.24. The summed E-state index contributed by atoms with van der Waals surface area (Å²) in [6.07, 6.45) is -0.681. The Hall–Kier alpha value is -4.46. The Labute approximate surface area is 209 Å². The first kappa shape index (κ1) is 24.7. The standard InChI is InChI=1S/C28H27N3O5/c1-28(2,3)36-27(34)29-23(26(32)33)17-18-9-11-21(12-10-18)24-30-31-25(35-24)22-15-13-20(14-16-22)19-7-5-4-6-8-19/h4-16,23H,17H2,1-3H3,(H,29,34)(H,32,33)/t23-/m0/s1. The van der Waals surface area contributed by atoms with Gasteiger partial charge in [0.2, 0.25) is 11.8 Å². The molecule has 0 saturated carbocycles. The zero-order chi connectivity index (χ0) is 25.7. The Bertz CT molecular complexity index is 1320. The van der Waals surface area contributed by atoms with Crippen LogP contribution in [0.15, 0.2) is 83.3 Å². The predicted octanol–water partition coefficient (Wildman–Crippen LogP) is 5.59. The number of nitrogens with zero attached hydrogens (tertiary/aromatic N) is 2. The van der Waals surface area contributed by atoms with Gasteiger partial charge in [-0.1, -0.05) is 54.6 Å². The lowest BCUT2D eigenvalue weighted by atomic mass is 10.0. The highest BCUT2D eigenvalue weighted by Crippen LogP contribution is 2.27. The van der Waals surface area contributed by atoms with E-state index in [4.69, 9.17) is 9.15 Å². The number of aromatic nitrogens is 2. The van der Waals surface area contributed by atoms with E-state index in [9.17, 15) is 14.7 Å². The number of nitrogens with one attached hydrogen (secondary N) is 1. The van der Waals surface area contributed by atoms with E-state index in [0.717, 1.165) is 22.3 Å². The van der Waals surface area contributed by atoms with Gasteiger partial charge in [0.05, 0.1) is 0 Å². The summed E-state index contributed by atoms with van der Waals surface area (Å²) in [7, 11) is 0. The smallest absolute Gasteiger partial charge is 0.408 e. The molecule has 36 heavy (non-hydrogen) atoms. The van der Waals surface area contributed by atoms with Crippen LogP contribution in [0.2, 0.25) is 0 Å². The second kappa shape index (κ2) is 10.4. The number of carboxylic acid groups (broad SMARTS) is 1. The molecular weight excluding hydrogens is 458 g/mol. The molecule has 0 aliphatic rings. The van der Waals surface area contributed by atoms with E-state index in [2.05, 4.69) is 27.6 Å². The first-order chi connectivity index (χ1) is 17.2. The van der Waals surface area contributed by atoms with Crippen LogP contribution in [0.1, 0.15) is 26.3 Å². The monoisotopic (exact) mass is 485 g/mol. The van der Waals surface area contributed by atoms with Crippen molar-refractivity contribution in [3.05, 3.63) is 84.4 Å². The van der Waals surface area contributed by atoms with Crippen LogP contribution in [-0.2, 0) is 16.0 Å². The molecule has 2 N–H and O–H groups in total. The quantitative estimate of drug-likeness (QED) is 0.351. The summed E-state index contributed by atoms with van der Waals surface area (Å²) in [5, 5.41) is 20.2. The van der Waals surface area contributed by atoms with Gasteiger partial charge < -0.3 is 19.6 Å². The number of hydrogen-bond donors (Lipinski definition) is 2. The van der Waals surface area contributed by atoms with Gasteiger partial charge in [0.1, 0.15) is 11.6 Å². The van der Waals surface area contributed by atoms with Gasteiger partial charge in [-0.05, 0) is 61.7 Å². The van der Waals surface area contributed by atoms with Crippen molar-refractivity contribution in [1.82, 2.24) is 15.5 Å². The molecule has 1 aromatic heterocycles. The molecular formula is C28H27N3O5. The molecule has 1 amide bonds. The van der Waals surface area contributed by atoms with Crippen LogP contribution in [0.25, 0.3) is 34.0 Å². The molecule has 8 heteroatoms. The van der Waals surface area contributed by atoms with Crippen molar-refractivity contribution in [2.75, 3.05) is 0 Å². The maximum absolute atomic E-state index is 12.0. The molecule has 0 radical (unpaired) electrons. The zero-order valence-electron chi connectivity index (χ0n) is 20.3. The number of ether oxygens (including phenoxy) is 1. The van der Waals surface area contributed by atoms with Crippen molar-refractivity contribution in [1.29, 1.82) is 0 Å². The maximum atomic E-state index is 12.0. The molecule has 0 bridgehead atoms. The van der Waals surface area contributed by atoms with Crippen LogP contribution < -0.4 is 5.32 Å². The topological polar surface area (TPSA) is 115 Å². The van der Waals surface area contributed by atoms with Crippen molar-refractivity contribution < 1.29 is 23.8 Å². The summed E-state index contributed by atoms with van der Waals surface area (Å²) in [5.41, 5.74) is 3.73. The molecule has 184 valence electrons. The fourth-order valence-corrected chi connectivity index (χ4v) is 3.56. The molecule has 3 aromatic carbocycles. The van der Waals surface area contributed by atoms with Crippen LogP contribution in [-0.4, -0.2) is 39.0 Å². The van der Waals surface area contributed by atoms with E-state index < -0.39 is 23.7 Å². The number of rotatable bonds is 7. The summed E-state index contributed by atoms with van der Waals surface area (Å²) in [5.74, 6) is -0.392. The fraction of sp³-hybridized carbons (Fsp3) is 0.214. The van der Waals surface area contributed by atoms with Gasteiger partial charge >= 0.3 is 12.1 Å². The first-order valence-corrected chi connectivity index (χ1v) is 11.5. The van der Waals surface area contributed by atoms with Crippen LogP contribution in [0, 0.1) is 0 Å². The van der Waals surface area contributed by atoms with Gasteiger partial charge in [0.15, 0.2) is 0 Å². The molecule has 1 heterocycles. The van der Waals surface area contributed by atoms with Crippen LogP contribution >= 0.6 is 0 Å². The number of carboxylic acids is 1. The molecule has 4 rings (SSSR count). The lowest BCUT2D eigenvalue weighted by Crippen LogP contribution is -2.44. The lowest BCUT2D eigenvalue weighted by Gasteiger charge is -2.22. The molecule has 0 unspecified atom stereocenters. The van der Waals surface area contributed by atoms with E-state index in [1.54, 1.807) is 45.0 Å². The van der Waals surface area contributed by atoms with Crippen molar-refractivity contribution in [3.63, 3.8) is 0 Å². The van der Waals surface area contributed by atoms with Crippen molar-refractivity contribution >= 4 is 12.1 Å². The van der Waals surface area contributed by atoms with E-state index in [1.165, 1.54) is 0 Å². The summed E-state index contributed by atoms with van der Waals surface area (Å²) >= 11 is 0. The van der Waals surface area contributed by atoms with Crippen molar-refractivity contribution in [2.45, 2.75) is 38.8 Å². The Morgan fingerprint density at radius 3 is 1.86 bits per heavy atom. The van der Waals surface area contributed by atoms with E-state index in [-0.39, 0.29) is 6.42 Å². The number of aliphatic carboxylic acids is 1. The third kappa shape index (κ3) is 6.35. The van der Waals surface area contributed by atoms with Gasteiger partial charge in [-0.25, -0.2) is 9.59 Å². The third-order valence-corrected chi connectivity index (χ3v) is 5.29. The summed E-state index contributed by atoms with van der Waals surface area (Å²) in [4.78, 5) is 23.6. The van der Waals surface area contributed by atoms with E-state index in [0.29, 0.717) is 17.3 Å². The normalized spacial score (nSPS) is 12.1. The number of hydrogen-bond acceptors (Lipinski definition) is 6. The fourth-order valence-electron chi connectivity index (χ4n) is 3.56. The Balaban J connectivity index is 1.43. The predicted molar refractivity (Wildman–Crippen MR) is 135 cm³/mol. The Kier molecular flexibility index (Phi) is 7.15. The van der Waals surface area contributed by atoms with Crippen molar-refractivity contribution in [2.24, 2.45) is 0 Å². The average molecular weight is 486 g/mol. The number of alkyl carbamates (subject to hydrolysis) is 1. The molecule has 0 saturated heterocycles. The zero-order valence-corrected chi connectivity index (χ0v) is 20.3. The second-order valence-electron chi connectivity index (χ2n) is 9.29. The Morgan fingerprint density at radius 2 is 1.33 bits per heavy atom. The summed E-state index contributed by atoms with van der Waals surface area (Å²) in [6, 6.07) is 23.9. The Morgan fingerprint density at radius 1 is 0.833 bits per heavy atom. The van der Waals surface area contributed by atoms with Crippen LogP contribution in [0.4, 0.5) is 4.79 Å². The van der Waals surface area contributed by atoms with Crippen LogP contribution in [0.3, 0.4) is 0 Å². The van der Waals surface area contributed by atoms with Gasteiger partial charge in [-0.2, -0.15) is 0 Å². The van der Waals surface area contributed by atoms with E-state index in [1.807, 2.05) is 42.5 Å². The molecule has 0 aliphatic heterocycles. The summed E-state index contributed by atoms with van der Waals surface area (Å²) < 4.78 is 11.0. The molecule has 0 fully saturated rings. The van der Waals surface area contributed by atoms with Gasteiger partial charge in [0.25, 0.3) is 0 Å². The van der Waals surface area contributed by atoms with Gasteiger partial charge in [0, 0.05) is 17.5 Å². The van der Waals surface area contributed by atoms with Crippen molar-refractivity contribution in [3.8, 4) is 34.0 Å². The molecule has 4 aromatic rings. The number of carbonyl (C=O) groups is 2. The average Bonchev–Trinajstić information content (AvgIpc) is 3.34. The minimum atomic E-state index is -1.15. The highest BCUT2D eigenvalue weighted by atomic mass is 16.6. The number of amides is 1. The van der Waals surface area contributed by atoms with Crippen LogP contribution in [0.5, 0.6) is 0 Å². The number of benzene rings is 3. The maximum Gasteiger partial charge on any atom is 0.408 e. The lowest BCUT2D eigenvalue weighted by molar-refractivity contribution is -0.139. The second-order valence-corrected chi connectivity index (χ2v) is 9.29.